The number of hydrogen-bond donors (Lipinski definition) is 2. The largest absolute Gasteiger partial charge is 0.374 e. The van der Waals surface area contributed by atoms with Crippen molar-refractivity contribution in [2.45, 2.75) is 26.4 Å². The number of rotatable bonds is 4. The van der Waals surface area contributed by atoms with Gasteiger partial charge in [-0.15, -0.1) is 0 Å². The van der Waals surface area contributed by atoms with Gasteiger partial charge in [-0.3, -0.25) is 4.99 Å². The molecule has 0 aromatic heterocycles. The number of hydrogen-bond acceptors (Lipinski definition) is 2. The van der Waals surface area contributed by atoms with E-state index in [-0.39, 0.29) is 5.60 Å². The quantitative estimate of drug-likeness (QED) is 0.476. The van der Waals surface area contributed by atoms with Crippen LogP contribution in [0.2, 0.25) is 0 Å². The van der Waals surface area contributed by atoms with Gasteiger partial charge in [0.25, 0.3) is 0 Å². The Morgan fingerprint density at radius 1 is 1.58 bits per heavy atom. The van der Waals surface area contributed by atoms with Gasteiger partial charge in [-0.05, 0) is 20.8 Å². The molecule has 0 radical (unpaired) electrons. The molecule has 0 spiro atoms. The van der Waals surface area contributed by atoms with Crippen molar-refractivity contribution < 1.29 is 4.74 Å². The van der Waals surface area contributed by atoms with Crippen LogP contribution >= 0.6 is 0 Å². The van der Waals surface area contributed by atoms with Crippen LogP contribution in [0.25, 0.3) is 0 Å². The summed E-state index contributed by atoms with van der Waals surface area (Å²) in [4.78, 5) is 3.78. The van der Waals surface area contributed by atoms with E-state index in [4.69, 9.17) is 10.5 Å². The topological polar surface area (TPSA) is 59.6 Å². The first-order valence-electron chi connectivity index (χ1n) is 4.12. The molecule has 0 unspecified atom stereocenters. The van der Waals surface area contributed by atoms with E-state index in [1.807, 2.05) is 20.8 Å². The zero-order valence-electron chi connectivity index (χ0n) is 8.35. The predicted octanol–water partition coefficient (Wildman–Crippen LogP) is 0.336. The molecule has 12 heavy (non-hydrogen) atoms. The number of aliphatic imine (C=N–C) groups is 1. The molecule has 3 N–H and O–H groups in total. The third-order valence-corrected chi connectivity index (χ3v) is 1.47. The Labute approximate surface area is 74.2 Å². The fourth-order valence-electron chi connectivity index (χ4n) is 0.824. The molecule has 0 aromatic rings. The molecule has 0 saturated carbocycles. The maximum Gasteiger partial charge on any atom is 0.188 e. The van der Waals surface area contributed by atoms with E-state index in [0.717, 1.165) is 0 Å². The third-order valence-electron chi connectivity index (χ3n) is 1.47. The van der Waals surface area contributed by atoms with Gasteiger partial charge in [0.1, 0.15) is 0 Å². The first-order chi connectivity index (χ1) is 5.52. The molecule has 0 heterocycles. The van der Waals surface area contributed by atoms with E-state index in [0.29, 0.717) is 19.1 Å². The number of nitrogens with one attached hydrogen (secondary N) is 1. The van der Waals surface area contributed by atoms with Crippen LogP contribution in [-0.4, -0.2) is 31.8 Å². The first-order valence-corrected chi connectivity index (χ1v) is 4.12. The second-order valence-electron chi connectivity index (χ2n) is 3.16. The Bertz CT molecular complexity index is 154. The molecular formula is C8H19N3O. The lowest BCUT2D eigenvalue weighted by molar-refractivity contribution is -0.00575. The van der Waals surface area contributed by atoms with E-state index in [2.05, 4.69) is 10.3 Å². The highest BCUT2D eigenvalue weighted by molar-refractivity contribution is 5.77. The van der Waals surface area contributed by atoms with E-state index in [9.17, 15) is 0 Å². The SMILES string of the molecule is CCOC(C)(C)CNC(N)=NC. The minimum Gasteiger partial charge on any atom is -0.374 e. The van der Waals surface area contributed by atoms with E-state index >= 15 is 0 Å². The van der Waals surface area contributed by atoms with Crippen LogP contribution in [0.1, 0.15) is 20.8 Å². The standard InChI is InChI=1S/C8H19N3O/c1-5-12-8(2,3)6-11-7(9)10-4/h5-6H2,1-4H3,(H3,9,10,11). The van der Waals surface area contributed by atoms with Crippen molar-refractivity contribution in [3.05, 3.63) is 0 Å². The summed E-state index contributed by atoms with van der Waals surface area (Å²) in [6.45, 7) is 7.36. The average molecular weight is 173 g/mol. The van der Waals surface area contributed by atoms with Crippen LogP contribution < -0.4 is 11.1 Å². The lowest BCUT2D eigenvalue weighted by Gasteiger charge is -2.24. The van der Waals surface area contributed by atoms with Crippen molar-refractivity contribution in [1.82, 2.24) is 5.32 Å². The van der Waals surface area contributed by atoms with Gasteiger partial charge >= 0.3 is 0 Å². The van der Waals surface area contributed by atoms with Gasteiger partial charge in [0, 0.05) is 20.2 Å². The minimum absolute atomic E-state index is 0.190. The summed E-state index contributed by atoms with van der Waals surface area (Å²) in [5, 5.41) is 2.96. The van der Waals surface area contributed by atoms with E-state index < -0.39 is 0 Å². The van der Waals surface area contributed by atoms with Crippen LogP contribution in [0.15, 0.2) is 4.99 Å². The second kappa shape index (κ2) is 4.98. The van der Waals surface area contributed by atoms with Gasteiger partial charge in [0.05, 0.1) is 5.60 Å². The predicted molar refractivity (Wildman–Crippen MR) is 51.3 cm³/mol. The Morgan fingerprint density at radius 3 is 2.58 bits per heavy atom. The van der Waals surface area contributed by atoms with Crippen molar-refractivity contribution in [3.8, 4) is 0 Å². The second-order valence-corrected chi connectivity index (χ2v) is 3.16. The third kappa shape index (κ3) is 4.96. The zero-order chi connectivity index (χ0) is 9.61. The Morgan fingerprint density at radius 2 is 2.17 bits per heavy atom. The normalized spacial score (nSPS) is 13.2. The summed E-state index contributed by atoms with van der Waals surface area (Å²) < 4.78 is 5.45. The summed E-state index contributed by atoms with van der Waals surface area (Å²) in [5.74, 6) is 0.447. The van der Waals surface area contributed by atoms with Gasteiger partial charge in [-0.2, -0.15) is 0 Å². The summed E-state index contributed by atoms with van der Waals surface area (Å²) >= 11 is 0. The number of ether oxygens (including phenoxy) is 1. The molecule has 0 fully saturated rings. The zero-order valence-corrected chi connectivity index (χ0v) is 8.35. The van der Waals surface area contributed by atoms with Gasteiger partial charge < -0.3 is 15.8 Å². The molecule has 0 bridgehead atoms. The Kier molecular flexibility index (Phi) is 4.66. The smallest absolute Gasteiger partial charge is 0.188 e. The van der Waals surface area contributed by atoms with Crippen molar-refractivity contribution in [3.63, 3.8) is 0 Å². The van der Waals surface area contributed by atoms with Crippen molar-refractivity contribution >= 4 is 5.96 Å². The molecule has 4 nitrogen and oxygen atoms in total. The lowest BCUT2D eigenvalue weighted by Crippen LogP contribution is -2.43. The summed E-state index contributed by atoms with van der Waals surface area (Å²) in [7, 11) is 1.65. The first kappa shape index (κ1) is 11.2. The van der Waals surface area contributed by atoms with Crippen molar-refractivity contribution in [2.75, 3.05) is 20.2 Å². The summed E-state index contributed by atoms with van der Waals surface area (Å²) in [5.41, 5.74) is 5.27. The molecule has 0 saturated heterocycles. The van der Waals surface area contributed by atoms with Gasteiger partial charge in [-0.1, -0.05) is 0 Å². The monoisotopic (exact) mass is 173 g/mol. The fraction of sp³-hybridized carbons (Fsp3) is 0.875. The summed E-state index contributed by atoms with van der Waals surface area (Å²) in [6.07, 6.45) is 0. The van der Waals surface area contributed by atoms with E-state index in [1.165, 1.54) is 0 Å². The molecule has 0 aliphatic heterocycles. The minimum atomic E-state index is -0.190. The van der Waals surface area contributed by atoms with Crippen LogP contribution in [0.3, 0.4) is 0 Å². The molecule has 0 aromatic carbocycles. The van der Waals surface area contributed by atoms with Crippen LogP contribution in [0.5, 0.6) is 0 Å². The van der Waals surface area contributed by atoms with Crippen molar-refractivity contribution in [2.24, 2.45) is 10.7 Å². The molecule has 0 aliphatic carbocycles. The molecule has 72 valence electrons. The Balaban J connectivity index is 3.75. The molecule has 0 atom stereocenters. The van der Waals surface area contributed by atoms with Crippen LogP contribution in [-0.2, 0) is 4.74 Å². The van der Waals surface area contributed by atoms with Gasteiger partial charge in [-0.25, -0.2) is 0 Å². The number of guanidine groups is 1. The molecular weight excluding hydrogens is 154 g/mol. The van der Waals surface area contributed by atoms with Crippen molar-refractivity contribution in [1.29, 1.82) is 0 Å². The molecule has 0 rings (SSSR count). The molecule has 0 amide bonds. The molecule has 4 heteroatoms. The summed E-state index contributed by atoms with van der Waals surface area (Å²) in [6, 6.07) is 0. The maximum atomic E-state index is 5.46. The van der Waals surface area contributed by atoms with Gasteiger partial charge in [0.15, 0.2) is 5.96 Å². The number of nitrogens with two attached hydrogens (primary N) is 1. The van der Waals surface area contributed by atoms with Gasteiger partial charge in [0.2, 0.25) is 0 Å². The van der Waals surface area contributed by atoms with E-state index in [1.54, 1.807) is 7.05 Å². The highest BCUT2D eigenvalue weighted by atomic mass is 16.5. The average Bonchev–Trinajstić information content (AvgIpc) is 2.00. The maximum absolute atomic E-state index is 5.46. The van der Waals surface area contributed by atoms with Crippen LogP contribution in [0.4, 0.5) is 0 Å². The highest BCUT2D eigenvalue weighted by Gasteiger charge is 2.16. The van der Waals surface area contributed by atoms with Crippen LogP contribution in [0, 0.1) is 0 Å². The highest BCUT2D eigenvalue weighted by Crippen LogP contribution is 2.06. The lowest BCUT2D eigenvalue weighted by atomic mass is 10.1. The Hall–Kier alpha value is -0.770. The fourth-order valence-corrected chi connectivity index (χ4v) is 0.824. The number of nitrogens with zero attached hydrogens (tertiary/aromatic N) is 1. The molecule has 0 aliphatic rings.